The van der Waals surface area contributed by atoms with E-state index in [0.29, 0.717) is 13.0 Å². The Morgan fingerprint density at radius 2 is 2.25 bits per heavy atom. The van der Waals surface area contributed by atoms with E-state index in [1.54, 1.807) is 23.1 Å². The van der Waals surface area contributed by atoms with E-state index in [9.17, 15) is 4.79 Å². The van der Waals surface area contributed by atoms with Gasteiger partial charge < -0.3 is 5.32 Å². The lowest BCUT2D eigenvalue weighted by atomic mass is 9.94. The molecule has 1 amide bonds. The van der Waals surface area contributed by atoms with Gasteiger partial charge in [-0.1, -0.05) is 18.7 Å². The lowest BCUT2D eigenvalue weighted by Gasteiger charge is -2.14. The molecule has 124 valence electrons. The van der Waals surface area contributed by atoms with Crippen LogP contribution in [0.25, 0.3) is 4.96 Å². The first kappa shape index (κ1) is 15.6. The van der Waals surface area contributed by atoms with Crippen molar-refractivity contribution in [1.82, 2.24) is 24.7 Å². The third kappa shape index (κ3) is 2.80. The first-order valence-electron chi connectivity index (χ1n) is 7.92. The van der Waals surface area contributed by atoms with Crippen LogP contribution >= 0.6 is 23.1 Å². The first-order valence-corrected chi connectivity index (χ1v) is 9.78. The molecular formula is C16H17N5OS2. The zero-order valence-electron chi connectivity index (χ0n) is 13.2. The number of thioether (sulfide) groups is 1. The van der Waals surface area contributed by atoms with Crippen LogP contribution in [0, 0.1) is 0 Å². The summed E-state index contributed by atoms with van der Waals surface area (Å²) in [6.45, 7) is 2.61. The van der Waals surface area contributed by atoms with Crippen molar-refractivity contribution < 1.29 is 4.79 Å². The van der Waals surface area contributed by atoms with Crippen molar-refractivity contribution in [3.8, 4) is 0 Å². The van der Waals surface area contributed by atoms with Crippen LogP contribution in [0.3, 0.4) is 0 Å². The minimum absolute atomic E-state index is 0.0337. The average Bonchev–Trinajstić information content (AvgIpc) is 3.13. The SMILES string of the molecule is CCCSc1ncc([C@@H]2CC(=O)NCc3nc4sccn4c32)cn1. The maximum Gasteiger partial charge on any atom is 0.221 e. The summed E-state index contributed by atoms with van der Waals surface area (Å²) < 4.78 is 2.09. The molecule has 0 radical (unpaired) electrons. The third-order valence-electron chi connectivity index (χ3n) is 4.03. The monoisotopic (exact) mass is 359 g/mol. The van der Waals surface area contributed by atoms with Gasteiger partial charge in [0, 0.05) is 42.1 Å². The molecule has 0 unspecified atom stereocenters. The van der Waals surface area contributed by atoms with Crippen molar-refractivity contribution in [1.29, 1.82) is 0 Å². The largest absolute Gasteiger partial charge is 0.350 e. The smallest absolute Gasteiger partial charge is 0.221 e. The van der Waals surface area contributed by atoms with Gasteiger partial charge in [0.2, 0.25) is 5.91 Å². The van der Waals surface area contributed by atoms with Crippen LogP contribution in [0.15, 0.2) is 29.1 Å². The number of imidazole rings is 1. The van der Waals surface area contributed by atoms with Crippen molar-refractivity contribution in [3.63, 3.8) is 0 Å². The number of hydrogen-bond acceptors (Lipinski definition) is 6. The highest BCUT2D eigenvalue weighted by Gasteiger charge is 2.29. The molecule has 0 aromatic carbocycles. The van der Waals surface area contributed by atoms with Gasteiger partial charge in [-0.15, -0.1) is 11.3 Å². The van der Waals surface area contributed by atoms with Crippen molar-refractivity contribution in [3.05, 3.63) is 40.9 Å². The molecule has 24 heavy (non-hydrogen) atoms. The topological polar surface area (TPSA) is 72.2 Å². The molecule has 0 spiro atoms. The summed E-state index contributed by atoms with van der Waals surface area (Å²) in [7, 11) is 0. The quantitative estimate of drug-likeness (QED) is 0.573. The van der Waals surface area contributed by atoms with Crippen LogP contribution in [0.1, 0.15) is 42.6 Å². The van der Waals surface area contributed by atoms with Crippen molar-refractivity contribution in [2.45, 2.75) is 37.4 Å². The van der Waals surface area contributed by atoms with Gasteiger partial charge >= 0.3 is 0 Å². The van der Waals surface area contributed by atoms with Crippen LogP contribution in [-0.2, 0) is 11.3 Å². The number of nitrogens with zero attached hydrogens (tertiary/aromatic N) is 4. The maximum absolute atomic E-state index is 12.1. The summed E-state index contributed by atoms with van der Waals surface area (Å²) >= 11 is 3.26. The molecule has 1 aliphatic rings. The molecule has 0 saturated heterocycles. The lowest BCUT2D eigenvalue weighted by Crippen LogP contribution is -2.21. The van der Waals surface area contributed by atoms with Gasteiger partial charge in [0.15, 0.2) is 10.1 Å². The Morgan fingerprint density at radius 1 is 1.42 bits per heavy atom. The van der Waals surface area contributed by atoms with E-state index in [1.807, 2.05) is 24.0 Å². The molecule has 1 atom stereocenters. The molecule has 6 nitrogen and oxygen atoms in total. The number of nitrogens with one attached hydrogen (secondary N) is 1. The van der Waals surface area contributed by atoms with Crippen molar-refractivity contribution in [2.75, 3.05) is 5.75 Å². The maximum atomic E-state index is 12.1. The van der Waals surface area contributed by atoms with E-state index < -0.39 is 0 Å². The van der Waals surface area contributed by atoms with Crippen LogP contribution in [0.5, 0.6) is 0 Å². The minimum atomic E-state index is -0.0719. The molecule has 0 bridgehead atoms. The predicted molar refractivity (Wildman–Crippen MR) is 94.4 cm³/mol. The Bertz CT molecular complexity index is 870. The molecule has 4 heterocycles. The molecule has 1 N–H and O–H groups in total. The molecular weight excluding hydrogens is 342 g/mol. The fourth-order valence-electron chi connectivity index (χ4n) is 2.93. The Hall–Kier alpha value is -1.93. The van der Waals surface area contributed by atoms with E-state index in [0.717, 1.165) is 39.2 Å². The first-order chi connectivity index (χ1) is 11.8. The average molecular weight is 359 g/mol. The Labute approximate surface area is 147 Å². The van der Waals surface area contributed by atoms with E-state index >= 15 is 0 Å². The van der Waals surface area contributed by atoms with Gasteiger partial charge in [-0.25, -0.2) is 15.0 Å². The number of hydrogen-bond donors (Lipinski definition) is 1. The fourth-order valence-corrected chi connectivity index (χ4v) is 4.31. The van der Waals surface area contributed by atoms with Gasteiger partial charge in [0.25, 0.3) is 0 Å². The summed E-state index contributed by atoms with van der Waals surface area (Å²) in [6.07, 6.45) is 7.20. The van der Waals surface area contributed by atoms with E-state index in [4.69, 9.17) is 0 Å². The van der Waals surface area contributed by atoms with Gasteiger partial charge in [0.1, 0.15) is 0 Å². The van der Waals surface area contributed by atoms with Crippen LogP contribution in [0.2, 0.25) is 0 Å². The van der Waals surface area contributed by atoms with Gasteiger partial charge in [-0.3, -0.25) is 9.20 Å². The number of fused-ring (bicyclic) bond motifs is 3. The molecule has 4 rings (SSSR count). The standard InChI is InChI=1S/C16H17N5OS2/c1-2-4-23-15-18-7-10(8-19-15)11-6-13(22)17-9-12-14(11)21-3-5-24-16(21)20-12/h3,5,7-8,11H,2,4,6,9H2,1H3,(H,17,22)/t11-/m0/s1. The lowest BCUT2D eigenvalue weighted by molar-refractivity contribution is -0.121. The Morgan fingerprint density at radius 3 is 3.04 bits per heavy atom. The summed E-state index contributed by atoms with van der Waals surface area (Å²) in [5.74, 6) is 0.969. The molecule has 8 heteroatoms. The number of amides is 1. The summed E-state index contributed by atoms with van der Waals surface area (Å²) in [4.78, 5) is 26.7. The highest BCUT2D eigenvalue weighted by Crippen LogP contribution is 2.34. The van der Waals surface area contributed by atoms with Crippen molar-refractivity contribution in [2.24, 2.45) is 0 Å². The van der Waals surface area contributed by atoms with Gasteiger partial charge in [-0.2, -0.15) is 0 Å². The molecule has 0 saturated carbocycles. The molecule has 3 aromatic rings. The molecule has 0 aliphatic carbocycles. The second-order valence-electron chi connectivity index (χ2n) is 5.68. The second kappa shape index (κ2) is 6.52. The van der Waals surface area contributed by atoms with Crippen molar-refractivity contribution >= 4 is 34.0 Å². The zero-order chi connectivity index (χ0) is 16.5. The van der Waals surface area contributed by atoms with Crippen LogP contribution in [-0.4, -0.2) is 31.0 Å². The molecule has 3 aromatic heterocycles. The Balaban J connectivity index is 1.74. The number of rotatable bonds is 4. The van der Waals surface area contributed by atoms with Crippen LogP contribution in [0.4, 0.5) is 0 Å². The van der Waals surface area contributed by atoms with Gasteiger partial charge in [0.05, 0.1) is 17.9 Å². The minimum Gasteiger partial charge on any atom is -0.350 e. The van der Waals surface area contributed by atoms with Gasteiger partial charge in [-0.05, 0) is 12.0 Å². The second-order valence-corrected chi connectivity index (χ2v) is 7.62. The summed E-state index contributed by atoms with van der Waals surface area (Å²) in [6, 6.07) is 0. The number of thiazole rings is 1. The number of aromatic nitrogens is 4. The Kier molecular flexibility index (Phi) is 4.24. The zero-order valence-corrected chi connectivity index (χ0v) is 14.9. The highest BCUT2D eigenvalue weighted by atomic mass is 32.2. The van der Waals surface area contributed by atoms with E-state index in [2.05, 4.69) is 31.6 Å². The number of carbonyl (C=O) groups excluding carboxylic acids is 1. The fraction of sp³-hybridized carbons (Fsp3) is 0.375. The predicted octanol–water partition coefficient (Wildman–Crippen LogP) is 2.84. The summed E-state index contributed by atoms with van der Waals surface area (Å²) in [5, 5.41) is 5.74. The van der Waals surface area contributed by atoms with E-state index in [1.165, 1.54) is 0 Å². The van der Waals surface area contributed by atoms with E-state index in [-0.39, 0.29) is 11.8 Å². The third-order valence-corrected chi connectivity index (χ3v) is 5.87. The van der Waals surface area contributed by atoms with Crippen LogP contribution < -0.4 is 5.32 Å². The summed E-state index contributed by atoms with van der Waals surface area (Å²) in [5.41, 5.74) is 2.96. The number of carbonyl (C=O) groups is 1. The normalized spacial score (nSPS) is 17.5. The molecule has 1 aliphatic heterocycles. The molecule has 0 fully saturated rings. The highest BCUT2D eigenvalue weighted by molar-refractivity contribution is 7.99.